The molecule has 100 valence electrons. The molecule has 0 saturated heterocycles. The van der Waals surface area contributed by atoms with E-state index in [2.05, 4.69) is 15.9 Å². The van der Waals surface area contributed by atoms with Crippen LogP contribution in [0.3, 0.4) is 0 Å². The Morgan fingerprint density at radius 2 is 1.88 bits per heavy atom. The SMILES string of the molecule is CC(C)(CCCCBr)C(=O)OC1CCCCC1. The predicted octanol–water partition coefficient (Wildman–Crippen LogP) is 4.45. The number of ether oxygens (including phenoxy) is 1. The minimum atomic E-state index is -0.320. The van der Waals surface area contributed by atoms with E-state index in [1.807, 2.05) is 13.8 Å². The van der Waals surface area contributed by atoms with Gasteiger partial charge in [-0.1, -0.05) is 28.8 Å². The highest BCUT2D eigenvalue weighted by molar-refractivity contribution is 9.09. The van der Waals surface area contributed by atoms with Crippen LogP contribution in [0, 0.1) is 5.41 Å². The van der Waals surface area contributed by atoms with Gasteiger partial charge >= 0.3 is 5.97 Å². The van der Waals surface area contributed by atoms with Crippen molar-refractivity contribution >= 4 is 21.9 Å². The first-order valence-corrected chi connectivity index (χ1v) is 7.95. The van der Waals surface area contributed by atoms with Gasteiger partial charge < -0.3 is 4.74 Å². The van der Waals surface area contributed by atoms with Crippen LogP contribution in [-0.4, -0.2) is 17.4 Å². The molecule has 1 rings (SSSR count). The van der Waals surface area contributed by atoms with Gasteiger partial charge in [0.2, 0.25) is 0 Å². The fourth-order valence-electron chi connectivity index (χ4n) is 2.26. The van der Waals surface area contributed by atoms with Crippen molar-refractivity contribution in [2.45, 2.75) is 71.3 Å². The van der Waals surface area contributed by atoms with Crippen molar-refractivity contribution in [3.05, 3.63) is 0 Å². The summed E-state index contributed by atoms with van der Waals surface area (Å²) in [5, 5.41) is 1.01. The van der Waals surface area contributed by atoms with E-state index in [0.717, 1.165) is 37.4 Å². The molecule has 17 heavy (non-hydrogen) atoms. The lowest BCUT2D eigenvalue weighted by Crippen LogP contribution is -2.31. The zero-order valence-corrected chi connectivity index (χ0v) is 12.7. The van der Waals surface area contributed by atoms with E-state index < -0.39 is 0 Å². The Hall–Kier alpha value is -0.0500. The van der Waals surface area contributed by atoms with Gasteiger partial charge in [0.15, 0.2) is 0 Å². The van der Waals surface area contributed by atoms with Crippen LogP contribution in [0.15, 0.2) is 0 Å². The topological polar surface area (TPSA) is 26.3 Å². The molecule has 1 fully saturated rings. The zero-order valence-electron chi connectivity index (χ0n) is 11.1. The van der Waals surface area contributed by atoms with Crippen LogP contribution < -0.4 is 0 Å². The van der Waals surface area contributed by atoms with Crippen LogP contribution in [0.2, 0.25) is 0 Å². The van der Waals surface area contributed by atoms with Gasteiger partial charge in [0, 0.05) is 5.33 Å². The van der Waals surface area contributed by atoms with Crippen molar-refractivity contribution in [3.63, 3.8) is 0 Å². The number of unbranched alkanes of at least 4 members (excludes halogenated alkanes) is 1. The second kappa shape index (κ2) is 7.40. The minimum absolute atomic E-state index is 0.000951. The Bertz CT molecular complexity index is 232. The summed E-state index contributed by atoms with van der Waals surface area (Å²) < 4.78 is 5.64. The number of alkyl halides is 1. The Kier molecular flexibility index (Phi) is 6.53. The lowest BCUT2D eigenvalue weighted by atomic mass is 9.87. The summed E-state index contributed by atoms with van der Waals surface area (Å²) in [5.74, 6) is -0.000951. The van der Waals surface area contributed by atoms with Gasteiger partial charge in [0.1, 0.15) is 6.10 Å². The maximum absolute atomic E-state index is 12.1. The molecule has 0 amide bonds. The van der Waals surface area contributed by atoms with Crippen molar-refractivity contribution in [2.24, 2.45) is 5.41 Å². The van der Waals surface area contributed by atoms with Gasteiger partial charge in [-0.3, -0.25) is 4.79 Å². The molecule has 0 atom stereocenters. The summed E-state index contributed by atoms with van der Waals surface area (Å²) in [6.45, 7) is 4.01. The highest BCUT2D eigenvalue weighted by Crippen LogP contribution is 2.28. The van der Waals surface area contributed by atoms with Gasteiger partial charge in [0.25, 0.3) is 0 Å². The number of esters is 1. The van der Waals surface area contributed by atoms with Crippen LogP contribution >= 0.6 is 15.9 Å². The molecule has 0 N–H and O–H groups in total. The van der Waals surface area contributed by atoms with Crippen LogP contribution in [0.1, 0.15) is 65.2 Å². The highest BCUT2D eigenvalue weighted by Gasteiger charge is 2.31. The van der Waals surface area contributed by atoms with E-state index in [9.17, 15) is 4.79 Å². The summed E-state index contributed by atoms with van der Waals surface area (Å²) in [7, 11) is 0. The second-order valence-electron chi connectivity index (χ2n) is 5.70. The van der Waals surface area contributed by atoms with Crippen molar-refractivity contribution in [3.8, 4) is 0 Å². The quantitative estimate of drug-likeness (QED) is 0.411. The smallest absolute Gasteiger partial charge is 0.311 e. The monoisotopic (exact) mass is 304 g/mol. The van der Waals surface area contributed by atoms with Crippen molar-refractivity contribution in [2.75, 3.05) is 5.33 Å². The van der Waals surface area contributed by atoms with Crippen LogP contribution in [0.4, 0.5) is 0 Å². The third-order valence-corrected chi connectivity index (χ3v) is 4.12. The molecule has 0 bridgehead atoms. The minimum Gasteiger partial charge on any atom is -0.462 e. The van der Waals surface area contributed by atoms with E-state index in [1.165, 1.54) is 19.3 Å². The Morgan fingerprint density at radius 1 is 1.24 bits per heavy atom. The third-order valence-electron chi connectivity index (χ3n) is 3.56. The molecule has 0 aromatic rings. The maximum Gasteiger partial charge on any atom is 0.311 e. The van der Waals surface area contributed by atoms with E-state index in [4.69, 9.17) is 4.74 Å². The molecule has 1 saturated carbocycles. The number of halogens is 1. The van der Waals surface area contributed by atoms with Gasteiger partial charge in [0.05, 0.1) is 5.41 Å². The largest absolute Gasteiger partial charge is 0.462 e. The number of carbonyl (C=O) groups excluding carboxylic acids is 1. The lowest BCUT2D eigenvalue weighted by Gasteiger charge is -2.28. The van der Waals surface area contributed by atoms with Crippen molar-refractivity contribution in [1.29, 1.82) is 0 Å². The highest BCUT2D eigenvalue weighted by atomic mass is 79.9. The first-order chi connectivity index (χ1) is 8.06. The maximum atomic E-state index is 12.1. The van der Waals surface area contributed by atoms with Crippen molar-refractivity contribution in [1.82, 2.24) is 0 Å². The molecule has 1 aliphatic rings. The number of hydrogen-bond acceptors (Lipinski definition) is 2. The molecule has 3 heteroatoms. The van der Waals surface area contributed by atoms with Crippen LogP contribution in [-0.2, 0) is 9.53 Å². The molecule has 0 aromatic carbocycles. The van der Waals surface area contributed by atoms with Crippen LogP contribution in [0.5, 0.6) is 0 Å². The molecule has 0 aromatic heterocycles. The molecule has 0 unspecified atom stereocenters. The first-order valence-electron chi connectivity index (χ1n) is 6.83. The lowest BCUT2D eigenvalue weighted by molar-refractivity contribution is -0.161. The standard InChI is InChI=1S/C14H25BrO2/c1-14(2,10-6-7-11-15)13(16)17-12-8-4-3-5-9-12/h12H,3-11H2,1-2H3. The summed E-state index contributed by atoms with van der Waals surface area (Å²) >= 11 is 3.42. The van der Waals surface area contributed by atoms with E-state index >= 15 is 0 Å². The van der Waals surface area contributed by atoms with Gasteiger partial charge in [-0.25, -0.2) is 0 Å². The number of rotatable bonds is 6. The Labute approximate surface area is 114 Å². The second-order valence-corrected chi connectivity index (χ2v) is 6.49. The van der Waals surface area contributed by atoms with E-state index in [-0.39, 0.29) is 17.5 Å². The predicted molar refractivity (Wildman–Crippen MR) is 74.4 cm³/mol. The summed E-state index contributed by atoms with van der Waals surface area (Å²) in [6, 6.07) is 0. The summed E-state index contributed by atoms with van der Waals surface area (Å²) in [6.07, 6.45) is 9.15. The molecular formula is C14H25BrO2. The average molecular weight is 305 g/mol. The number of hydrogen-bond donors (Lipinski definition) is 0. The third kappa shape index (κ3) is 5.41. The molecule has 0 spiro atoms. The molecule has 0 aliphatic heterocycles. The molecular weight excluding hydrogens is 280 g/mol. The normalized spacial score (nSPS) is 18.1. The first kappa shape index (κ1) is 15.0. The molecule has 1 aliphatic carbocycles. The Morgan fingerprint density at radius 3 is 2.47 bits per heavy atom. The number of carbonyl (C=O) groups is 1. The molecule has 0 radical (unpaired) electrons. The fraction of sp³-hybridized carbons (Fsp3) is 0.929. The average Bonchev–Trinajstić information content (AvgIpc) is 2.30. The Balaban J connectivity index is 2.33. The zero-order chi connectivity index (χ0) is 12.7. The van der Waals surface area contributed by atoms with Gasteiger partial charge in [-0.2, -0.15) is 0 Å². The van der Waals surface area contributed by atoms with E-state index in [1.54, 1.807) is 0 Å². The van der Waals surface area contributed by atoms with Crippen molar-refractivity contribution < 1.29 is 9.53 Å². The summed E-state index contributed by atoms with van der Waals surface area (Å²) in [4.78, 5) is 12.1. The van der Waals surface area contributed by atoms with E-state index in [0.29, 0.717) is 0 Å². The van der Waals surface area contributed by atoms with Gasteiger partial charge in [-0.05, 0) is 52.4 Å². The summed E-state index contributed by atoms with van der Waals surface area (Å²) in [5.41, 5.74) is -0.320. The molecule has 0 heterocycles. The fourth-order valence-corrected chi connectivity index (χ4v) is 2.65. The van der Waals surface area contributed by atoms with Crippen LogP contribution in [0.25, 0.3) is 0 Å². The van der Waals surface area contributed by atoms with Gasteiger partial charge in [-0.15, -0.1) is 0 Å². The molecule has 2 nitrogen and oxygen atoms in total.